The van der Waals surface area contributed by atoms with E-state index in [-0.39, 0.29) is 12.4 Å². The Morgan fingerprint density at radius 2 is 1.67 bits per heavy atom. The Balaban J connectivity index is 0. The molecule has 3 heteroatoms. The Hall–Kier alpha value is 0.730. The van der Waals surface area contributed by atoms with E-state index in [1.165, 1.54) is 32.2 Å². The fourth-order valence-electron chi connectivity index (χ4n) is 1.03. The van der Waals surface area contributed by atoms with Crippen molar-refractivity contribution in [2.45, 2.75) is 32.6 Å². The number of quaternary nitrogens is 1. The van der Waals surface area contributed by atoms with E-state index in [1.54, 1.807) is 0 Å². The highest BCUT2D eigenvalue weighted by molar-refractivity contribution is 9.09. The van der Waals surface area contributed by atoms with Gasteiger partial charge in [-0.15, -0.1) is 0 Å². The first-order valence-electron chi connectivity index (χ1n) is 4.50. The van der Waals surface area contributed by atoms with Gasteiger partial charge in [-0.3, -0.25) is 0 Å². The van der Waals surface area contributed by atoms with Crippen molar-refractivity contribution in [1.29, 1.82) is 0 Å². The zero-order valence-electron chi connectivity index (χ0n) is 8.45. The molecule has 12 heavy (non-hydrogen) atoms. The summed E-state index contributed by atoms with van der Waals surface area (Å²) in [5.41, 5.74) is 1.07. The molecular weight excluding hydrogens is 237 g/mol. The summed E-state index contributed by atoms with van der Waals surface area (Å²) < 4.78 is 1.10. The van der Waals surface area contributed by atoms with E-state index >= 15 is 0 Å². The lowest BCUT2D eigenvalue weighted by molar-refractivity contribution is -0.876. The van der Waals surface area contributed by atoms with Gasteiger partial charge in [-0.05, 0) is 28.8 Å². The molecule has 0 spiro atoms. The molecule has 0 unspecified atom stereocenters. The molecule has 0 saturated carbocycles. The summed E-state index contributed by atoms with van der Waals surface area (Å²) in [6.07, 6.45) is 5.49. The molecule has 0 aromatic carbocycles. The van der Waals surface area contributed by atoms with Crippen molar-refractivity contribution in [3.8, 4) is 0 Å². The summed E-state index contributed by atoms with van der Waals surface area (Å²) in [6.45, 7) is 3.55. The molecule has 0 radical (unpaired) electrons. The van der Waals surface area contributed by atoms with Crippen LogP contribution in [0.3, 0.4) is 0 Å². The lowest BCUT2D eigenvalue weighted by Crippen LogP contribution is -3.00. The number of unbranched alkanes of at least 4 members (excludes halogenated alkanes) is 3. The van der Waals surface area contributed by atoms with Gasteiger partial charge in [-0.25, -0.2) is 0 Å². The van der Waals surface area contributed by atoms with Gasteiger partial charge in [-0.2, -0.15) is 0 Å². The van der Waals surface area contributed by atoms with E-state index in [0.717, 1.165) is 9.94 Å². The maximum Gasteiger partial charge on any atom is 0.133 e. The first-order chi connectivity index (χ1) is 5.12. The van der Waals surface area contributed by atoms with E-state index in [2.05, 4.69) is 36.9 Å². The summed E-state index contributed by atoms with van der Waals surface area (Å²) in [5, 5.41) is 0. The highest BCUT2D eigenvalue weighted by atomic mass is 79.9. The number of halogens is 2. The molecule has 76 valence electrons. The van der Waals surface area contributed by atoms with Crippen molar-refractivity contribution in [2.24, 2.45) is 0 Å². The third kappa shape index (κ3) is 8.82. The fourth-order valence-corrected chi connectivity index (χ4v) is 1.28. The van der Waals surface area contributed by atoms with E-state index in [0.29, 0.717) is 0 Å². The van der Waals surface area contributed by atoms with Gasteiger partial charge < -0.3 is 16.9 Å². The lowest BCUT2D eigenvalue weighted by Gasteiger charge is -2.26. The second-order valence-corrected chi connectivity index (χ2v) is 4.34. The van der Waals surface area contributed by atoms with Crippen LogP contribution in [-0.2, 0) is 0 Å². The third-order valence-corrected chi connectivity index (χ3v) is 3.30. The van der Waals surface area contributed by atoms with Crippen LogP contribution in [0.25, 0.3) is 0 Å². The highest BCUT2D eigenvalue weighted by Crippen LogP contribution is 2.06. The van der Waals surface area contributed by atoms with Crippen LogP contribution in [0.1, 0.15) is 32.6 Å². The maximum absolute atomic E-state index is 3.51. The monoisotopic (exact) mass is 257 g/mol. The van der Waals surface area contributed by atoms with Crippen molar-refractivity contribution >= 4 is 15.9 Å². The van der Waals surface area contributed by atoms with Gasteiger partial charge in [0.2, 0.25) is 0 Å². The second kappa shape index (κ2) is 8.33. The van der Waals surface area contributed by atoms with Crippen LogP contribution in [0.2, 0.25) is 0 Å². The molecule has 0 amide bonds. The SMILES string of the molecule is CCCCCC[N+](C)(C)CBr.[Cl-]. The van der Waals surface area contributed by atoms with Crippen molar-refractivity contribution < 1.29 is 16.9 Å². The van der Waals surface area contributed by atoms with Crippen LogP contribution in [0.15, 0.2) is 0 Å². The van der Waals surface area contributed by atoms with Crippen LogP contribution >= 0.6 is 15.9 Å². The molecule has 0 atom stereocenters. The predicted molar refractivity (Wildman–Crippen MR) is 54.9 cm³/mol. The van der Waals surface area contributed by atoms with Crippen LogP contribution < -0.4 is 12.4 Å². The molecule has 0 N–H and O–H groups in total. The van der Waals surface area contributed by atoms with Crippen LogP contribution in [0.5, 0.6) is 0 Å². The third-order valence-electron chi connectivity index (χ3n) is 1.94. The molecule has 0 aromatic heterocycles. The summed E-state index contributed by atoms with van der Waals surface area (Å²) in [5.74, 6) is 0. The minimum absolute atomic E-state index is 0. The zero-order valence-corrected chi connectivity index (χ0v) is 10.8. The molecule has 0 aromatic rings. The van der Waals surface area contributed by atoms with E-state index in [4.69, 9.17) is 0 Å². The van der Waals surface area contributed by atoms with Gasteiger partial charge in [0.05, 0.1) is 20.6 Å². The molecule has 0 fully saturated rings. The molecular formula is C9H21BrClN. The minimum Gasteiger partial charge on any atom is -1.00 e. The Kier molecular flexibility index (Phi) is 10.6. The maximum atomic E-state index is 3.51. The standard InChI is InChI=1S/C9H21BrN.ClH/c1-4-5-6-7-8-11(2,3)9-10;/h4-9H2,1-3H3;1H/q+1;/p-1. The van der Waals surface area contributed by atoms with Crippen molar-refractivity contribution in [2.75, 3.05) is 26.1 Å². The Labute approximate surface area is 91.6 Å². The molecule has 0 aliphatic rings. The quantitative estimate of drug-likeness (QED) is 0.272. The highest BCUT2D eigenvalue weighted by Gasteiger charge is 2.10. The fraction of sp³-hybridized carbons (Fsp3) is 1.00. The van der Waals surface area contributed by atoms with E-state index < -0.39 is 0 Å². The summed E-state index contributed by atoms with van der Waals surface area (Å²) in [4.78, 5) is 0. The van der Waals surface area contributed by atoms with Crippen LogP contribution in [-0.4, -0.2) is 30.6 Å². The average Bonchev–Trinajstić information content (AvgIpc) is 1.99. The molecule has 0 aliphatic carbocycles. The van der Waals surface area contributed by atoms with Gasteiger partial charge in [0, 0.05) is 0 Å². The van der Waals surface area contributed by atoms with Gasteiger partial charge in [0.25, 0.3) is 0 Å². The van der Waals surface area contributed by atoms with Crippen molar-refractivity contribution in [3.05, 3.63) is 0 Å². The number of alkyl halides is 1. The first kappa shape index (κ1) is 15.2. The summed E-state index contributed by atoms with van der Waals surface area (Å²) in [6, 6.07) is 0. The van der Waals surface area contributed by atoms with Crippen molar-refractivity contribution in [3.63, 3.8) is 0 Å². The predicted octanol–water partition coefficient (Wildman–Crippen LogP) is -0.000500. The van der Waals surface area contributed by atoms with Gasteiger partial charge >= 0.3 is 0 Å². The smallest absolute Gasteiger partial charge is 0.133 e. The van der Waals surface area contributed by atoms with Crippen molar-refractivity contribution in [1.82, 2.24) is 0 Å². The van der Waals surface area contributed by atoms with E-state index in [1.807, 2.05) is 0 Å². The normalized spacial score (nSPS) is 11.0. The van der Waals surface area contributed by atoms with Gasteiger partial charge in [-0.1, -0.05) is 19.8 Å². The molecule has 0 saturated heterocycles. The number of nitrogens with zero attached hydrogens (tertiary/aromatic N) is 1. The van der Waals surface area contributed by atoms with Crippen LogP contribution in [0.4, 0.5) is 0 Å². The molecule has 0 bridgehead atoms. The molecule has 1 nitrogen and oxygen atoms in total. The molecule has 0 heterocycles. The topological polar surface area (TPSA) is 0 Å². The van der Waals surface area contributed by atoms with Gasteiger partial charge in [0.1, 0.15) is 5.45 Å². The zero-order chi connectivity index (χ0) is 8.74. The van der Waals surface area contributed by atoms with Gasteiger partial charge in [0.15, 0.2) is 0 Å². The molecule has 0 rings (SSSR count). The Morgan fingerprint density at radius 1 is 1.08 bits per heavy atom. The second-order valence-electron chi connectivity index (χ2n) is 3.84. The average molecular weight is 259 g/mol. The Bertz CT molecular complexity index is 96.5. The molecule has 0 aliphatic heterocycles. The number of hydrogen-bond donors (Lipinski definition) is 0. The minimum atomic E-state index is 0. The van der Waals surface area contributed by atoms with Crippen LogP contribution in [0, 0.1) is 0 Å². The summed E-state index contributed by atoms with van der Waals surface area (Å²) >= 11 is 3.51. The largest absolute Gasteiger partial charge is 1.00 e. The van der Waals surface area contributed by atoms with E-state index in [9.17, 15) is 0 Å². The summed E-state index contributed by atoms with van der Waals surface area (Å²) in [7, 11) is 4.53. The number of rotatable bonds is 6. The lowest BCUT2D eigenvalue weighted by atomic mass is 10.2. The Morgan fingerprint density at radius 3 is 2.08 bits per heavy atom. The number of hydrogen-bond acceptors (Lipinski definition) is 0. The first-order valence-corrected chi connectivity index (χ1v) is 5.62.